The molecule has 2 fully saturated rings. The maximum Gasteiger partial charge on any atom is 0.335 e. The highest BCUT2D eigenvalue weighted by Crippen LogP contribution is 2.32. The first kappa shape index (κ1) is 21.7. The summed E-state index contributed by atoms with van der Waals surface area (Å²) in [6, 6.07) is 12.7. The number of nitrogens with zero attached hydrogens (tertiary/aromatic N) is 1. The fraction of sp³-hybridized carbons (Fsp3) is 0.440. The lowest BCUT2D eigenvalue weighted by Crippen LogP contribution is -2.39. The number of halogens is 1. The van der Waals surface area contributed by atoms with Crippen molar-refractivity contribution in [3.05, 3.63) is 64.2 Å². The van der Waals surface area contributed by atoms with Gasteiger partial charge in [-0.1, -0.05) is 49.1 Å². The van der Waals surface area contributed by atoms with Gasteiger partial charge in [0.05, 0.1) is 5.56 Å². The molecule has 1 aliphatic carbocycles. The Bertz CT molecular complexity index is 954. The third-order valence-electron chi connectivity index (χ3n) is 6.44. The average Bonchev–Trinajstić information content (AvgIpc) is 3.15. The quantitative estimate of drug-likeness (QED) is 0.629. The van der Waals surface area contributed by atoms with E-state index in [0.717, 1.165) is 36.9 Å². The second-order valence-corrected chi connectivity index (χ2v) is 8.97. The van der Waals surface area contributed by atoms with Crippen molar-refractivity contribution in [3.8, 4) is 5.75 Å². The number of amides is 1. The molecule has 5 nitrogen and oxygen atoms in total. The molecule has 164 valence electrons. The molecule has 0 bridgehead atoms. The molecule has 2 aromatic carbocycles. The van der Waals surface area contributed by atoms with Crippen LogP contribution in [0, 0.1) is 5.92 Å². The Morgan fingerprint density at radius 2 is 1.90 bits per heavy atom. The van der Waals surface area contributed by atoms with Crippen molar-refractivity contribution in [2.24, 2.45) is 5.92 Å². The van der Waals surface area contributed by atoms with E-state index in [0.29, 0.717) is 23.2 Å². The fourth-order valence-corrected chi connectivity index (χ4v) is 4.97. The third kappa shape index (κ3) is 5.21. The lowest BCUT2D eigenvalue weighted by atomic mass is 9.94. The molecule has 1 unspecified atom stereocenters. The van der Waals surface area contributed by atoms with Crippen LogP contribution < -0.4 is 4.74 Å². The molecular formula is C25H28ClNO4. The van der Waals surface area contributed by atoms with Crippen molar-refractivity contribution >= 4 is 23.5 Å². The Kier molecular flexibility index (Phi) is 6.81. The lowest BCUT2D eigenvalue weighted by Gasteiger charge is -2.31. The van der Waals surface area contributed by atoms with Crippen molar-refractivity contribution in [2.75, 3.05) is 6.54 Å². The van der Waals surface area contributed by atoms with Crippen LogP contribution >= 0.6 is 11.6 Å². The molecule has 0 aromatic heterocycles. The van der Waals surface area contributed by atoms with Gasteiger partial charge in [0.2, 0.25) is 5.91 Å². The Morgan fingerprint density at radius 1 is 1.10 bits per heavy atom. The number of carboxylic acids is 1. The molecule has 2 aromatic rings. The zero-order chi connectivity index (χ0) is 21.8. The van der Waals surface area contributed by atoms with Crippen molar-refractivity contribution in [1.29, 1.82) is 0 Å². The maximum atomic E-state index is 12.9. The number of ether oxygens (including phenoxy) is 1. The van der Waals surface area contributed by atoms with Crippen LogP contribution in [0.5, 0.6) is 5.75 Å². The Hall–Kier alpha value is -2.53. The van der Waals surface area contributed by atoms with Gasteiger partial charge < -0.3 is 14.7 Å². The molecule has 0 spiro atoms. The van der Waals surface area contributed by atoms with Gasteiger partial charge in [-0.15, -0.1) is 0 Å². The summed E-state index contributed by atoms with van der Waals surface area (Å²) in [5, 5.41) is 9.70. The van der Waals surface area contributed by atoms with Crippen LogP contribution in [0.4, 0.5) is 0 Å². The van der Waals surface area contributed by atoms with Crippen molar-refractivity contribution in [1.82, 2.24) is 4.90 Å². The number of hydrogen-bond donors (Lipinski definition) is 1. The van der Waals surface area contributed by atoms with E-state index in [4.69, 9.17) is 21.4 Å². The first-order valence-corrected chi connectivity index (χ1v) is 11.4. The summed E-state index contributed by atoms with van der Waals surface area (Å²) in [5.74, 6) is -0.0552. The van der Waals surface area contributed by atoms with E-state index in [1.807, 2.05) is 18.2 Å². The summed E-state index contributed by atoms with van der Waals surface area (Å²) in [6.07, 6.45) is 7.57. The Balaban J connectivity index is 1.35. The van der Waals surface area contributed by atoms with Crippen LogP contribution in [0.2, 0.25) is 5.02 Å². The molecule has 31 heavy (non-hydrogen) atoms. The molecule has 1 heterocycles. The van der Waals surface area contributed by atoms with Crippen molar-refractivity contribution in [3.63, 3.8) is 0 Å². The van der Waals surface area contributed by atoms with Crippen molar-refractivity contribution in [2.45, 2.75) is 57.6 Å². The molecule has 1 aliphatic heterocycles. The molecule has 1 atom stereocenters. The number of likely N-dealkylation sites (tertiary alicyclic amines) is 1. The number of hydrogen-bond acceptors (Lipinski definition) is 3. The SMILES string of the molecule is O=C(O)c1cccc(COc2ccc(CC3CCN(C4CCCCC4)C3=O)c(Cl)c2)c1. The predicted molar refractivity (Wildman–Crippen MR) is 120 cm³/mol. The lowest BCUT2D eigenvalue weighted by molar-refractivity contribution is -0.133. The van der Waals surface area contributed by atoms with E-state index < -0.39 is 5.97 Å². The molecular weight excluding hydrogens is 414 g/mol. The van der Waals surface area contributed by atoms with Gasteiger partial charge in [-0.05, 0) is 61.1 Å². The Labute approximate surface area is 188 Å². The van der Waals surface area contributed by atoms with Crippen LogP contribution in [0.3, 0.4) is 0 Å². The van der Waals surface area contributed by atoms with Gasteiger partial charge in [0.1, 0.15) is 12.4 Å². The molecule has 2 aliphatic rings. The first-order valence-electron chi connectivity index (χ1n) is 11.0. The summed E-state index contributed by atoms with van der Waals surface area (Å²) >= 11 is 6.51. The van der Waals surface area contributed by atoms with Crippen LogP contribution in [0.25, 0.3) is 0 Å². The van der Waals surface area contributed by atoms with E-state index in [-0.39, 0.29) is 24.0 Å². The second-order valence-electron chi connectivity index (χ2n) is 8.56. The van der Waals surface area contributed by atoms with Crippen LogP contribution in [-0.2, 0) is 17.8 Å². The summed E-state index contributed by atoms with van der Waals surface area (Å²) in [5.41, 5.74) is 1.98. The van der Waals surface area contributed by atoms with Gasteiger partial charge in [0.15, 0.2) is 0 Å². The van der Waals surface area contributed by atoms with Crippen LogP contribution in [-0.4, -0.2) is 34.5 Å². The van der Waals surface area contributed by atoms with E-state index in [9.17, 15) is 9.59 Å². The van der Waals surface area contributed by atoms with E-state index in [1.54, 1.807) is 24.3 Å². The monoisotopic (exact) mass is 441 g/mol. The zero-order valence-corrected chi connectivity index (χ0v) is 18.3. The third-order valence-corrected chi connectivity index (χ3v) is 6.79. The average molecular weight is 442 g/mol. The van der Waals surface area contributed by atoms with Gasteiger partial charge in [-0.2, -0.15) is 0 Å². The minimum Gasteiger partial charge on any atom is -0.489 e. The van der Waals surface area contributed by atoms with Gasteiger partial charge >= 0.3 is 5.97 Å². The van der Waals surface area contributed by atoms with E-state index >= 15 is 0 Å². The Morgan fingerprint density at radius 3 is 2.65 bits per heavy atom. The highest BCUT2D eigenvalue weighted by Gasteiger charge is 2.36. The van der Waals surface area contributed by atoms with Crippen molar-refractivity contribution < 1.29 is 19.4 Å². The smallest absolute Gasteiger partial charge is 0.335 e. The van der Waals surface area contributed by atoms with Crippen LogP contribution in [0.15, 0.2) is 42.5 Å². The number of carbonyl (C=O) groups is 2. The minimum absolute atomic E-state index is 0.00459. The number of aromatic carboxylic acids is 1. The number of benzene rings is 2. The predicted octanol–water partition coefficient (Wildman–Crippen LogP) is 5.34. The van der Waals surface area contributed by atoms with Crippen LogP contribution in [0.1, 0.15) is 60.0 Å². The molecule has 1 saturated heterocycles. The summed E-state index contributed by atoms with van der Waals surface area (Å²) in [7, 11) is 0. The second kappa shape index (κ2) is 9.73. The number of rotatable bonds is 7. The summed E-state index contributed by atoms with van der Waals surface area (Å²) in [6.45, 7) is 1.12. The largest absolute Gasteiger partial charge is 0.489 e. The normalized spacial score (nSPS) is 19.6. The van der Waals surface area contributed by atoms with E-state index in [2.05, 4.69) is 4.90 Å². The van der Waals surface area contributed by atoms with E-state index in [1.165, 1.54) is 19.3 Å². The fourth-order valence-electron chi connectivity index (χ4n) is 4.72. The molecule has 0 radical (unpaired) electrons. The molecule has 1 N–H and O–H groups in total. The zero-order valence-electron chi connectivity index (χ0n) is 17.6. The highest BCUT2D eigenvalue weighted by molar-refractivity contribution is 6.31. The minimum atomic E-state index is -0.960. The first-order chi connectivity index (χ1) is 15.0. The maximum absolute atomic E-state index is 12.9. The summed E-state index contributed by atoms with van der Waals surface area (Å²) in [4.78, 5) is 26.1. The van der Waals surface area contributed by atoms with Gasteiger partial charge in [-0.25, -0.2) is 4.79 Å². The number of carboxylic acid groups (broad SMARTS) is 1. The molecule has 4 rings (SSSR count). The van der Waals surface area contributed by atoms with Gasteiger partial charge in [0.25, 0.3) is 0 Å². The standard InChI is InChI=1S/C25H28ClNO4/c26-23-15-22(31-16-17-5-4-6-20(13-17)25(29)30)10-9-18(23)14-19-11-12-27(24(19)28)21-7-2-1-3-8-21/h4-6,9-10,13,15,19,21H,1-3,7-8,11-12,14,16H2,(H,29,30). The summed E-state index contributed by atoms with van der Waals surface area (Å²) < 4.78 is 5.80. The van der Waals surface area contributed by atoms with Gasteiger partial charge in [-0.3, -0.25) is 4.79 Å². The topological polar surface area (TPSA) is 66.8 Å². The highest BCUT2D eigenvalue weighted by atomic mass is 35.5. The molecule has 1 amide bonds. The molecule has 1 saturated carbocycles. The van der Waals surface area contributed by atoms with Gasteiger partial charge in [0, 0.05) is 23.5 Å². The number of carbonyl (C=O) groups excluding carboxylic acids is 1. The molecule has 6 heteroatoms.